The molecule has 0 unspecified atom stereocenters. The summed E-state index contributed by atoms with van der Waals surface area (Å²) >= 11 is 4.64. The van der Waals surface area contributed by atoms with Crippen LogP contribution in [0.15, 0.2) is 54.7 Å². The lowest BCUT2D eigenvalue weighted by Crippen LogP contribution is -2.12. The van der Waals surface area contributed by atoms with Gasteiger partial charge in [-0.15, -0.1) is 11.6 Å². The molecule has 0 amide bonds. The van der Waals surface area contributed by atoms with E-state index in [0.29, 0.717) is 6.54 Å². The second-order valence-electron chi connectivity index (χ2n) is 6.72. The van der Waals surface area contributed by atoms with Crippen LogP contribution in [0.25, 0.3) is 11.1 Å². The molecule has 0 bridgehead atoms. The molecule has 5 nitrogen and oxygen atoms in total. The molecule has 1 heterocycles. The maximum atomic E-state index is 7.78. The smallest absolute Gasteiger partial charge is 0.123 e. The molecule has 3 rings (SSSR count). The normalized spacial score (nSPS) is 10.3. The number of nitrogens with two attached hydrogens (primary N) is 2. The molecule has 2 aromatic carbocycles. The molecule has 6 heteroatoms. The minimum Gasteiger partial charge on any atom is -0.384 e. The third-order valence-electron chi connectivity index (χ3n) is 4.81. The molecule has 0 saturated heterocycles. The van der Waals surface area contributed by atoms with Gasteiger partial charge in [-0.25, -0.2) is 4.98 Å². The molecule has 0 radical (unpaired) electrons. The average Bonchev–Trinajstić information content (AvgIpc) is 3.15. The van der Waals surface area contributed by atoms with Gasteiger partial charge in [0.15, 0.2) is 0 Å². The first kappa shape index (κ1) is 22.7. The number of nitrogen functional groups attached to an aromatic ring is 1. The molecule has 0 aliphatic rings. The van der Waals surface area contributed by atoms with Crippen LogP contribution in [-0.4, -0.2) is 21.8 Å². The van der Waals surface area contributed by atoms with Crippen LogP contribution in [0.3, 0.4) is 0 Å². The quantitative estimate of drug-likeness (QED) is 0.288. The highest BCUT2D eigenvalue weighted by atomic mass is 35.5. The summed E-state index contributed by atoms with van der Waals surface area (Å²) in [4.78, 5) is 4.56. The Balaban J connectivity index is 0.00000145. The zero-order valence-electron chi connectivity index (χ0n) is 17.2. The third-order valence-corrected chi connectivity index (χ3v) is 4.81. The Morgan fingerprint density at radius 2 is 1.79 bits per heavy atom. The molecular weight excluding hydrogens is 382 g/mol. The molecule has 0 aliphatic carbocycles. The van der Waals surface area contributed by atoms with E-state index in [1.807, 2.05) is 30.5 Å². The predicted octanol–water partition coefficient (Wildman–Crippen LogP) is 4.54. The molecule has 0 spiro atoms. The average molecular weight is 412 g/mol. The Morgan fingerprint density at radius 3 is 2.41 bits per heavy atom. The molecule has 0 aliphatic heterocycles. The number of hydrogen-bond donors (Lipinski definition) is 3. The van der Waals surface area contributed by atoms with Crippen LogP contribution in [0.5, 0.6) is 0 Å². The van der Waals surface area contributed by atoms with Crippen LogP contribution in [0.2, 0.25) is 0 Å². The van der Waals surface area contributed by atoms with Crippen LogP contribution in [-0.2, 0) is 19.5 Å². The van der Waals surface area contributed by atoms with E-state index in [9.17, 15) is 0 Å². The van der Waals surface area contributed by atoms with Crippen molar-refractivity contribution in [2.75, 3.05) is 6.38 Å². The van der Waals surface area contributed by atoms with E-state index in [-0.39, 0.29) is 5.84 Å². The maximum Gasteiger partial charge on any atom is 0.123 e. The summed E-state index contributed by atoms with van der Waals surface area (Å²) in [5.41, 5.74) is 16.7. The highest BCUT2D eigenvalue weighted by Gasteiger charge is 2.10. The van der Waals surface area contributed by atoms with Crippen LogP contribution < -0.4 is 11.5 Å². The number of amidine groups is 1. The molecular formula is C23H30ClN5. The van der Waals surface area contributed by atoms with Crippen molar-refractivity contribution in [3.8, 4) is 11.1 Å². The number of imidazole rings is 1. The molecule has 3 aromatic rings. The molecule has 0 fully saturated rings. The Morgan fingerprint density at radius 1 is 1.10 bits per heavy atom. The number of nitrogens with zero attached hydrogens (tertiary/aromatic N) is 2. The first-order chi connectivity index (χ1) is 14.1. The lowest BCUT2D eigenvalue weighted by atomic mass is 9.98. The van der Waals surface area contributed by atoms with Crippen LogP contribution >= 0.6 is 11.6 Å². The van der Waals surface area contributed by atoms with Gasteiger partial charge in [-0.2, -0.15) is 0 Å². The minimum atomic E-state index is 0.0845. The van der Waals surface area contributed by atoms with E-state index in [1.54, 1.807) is 0 Å². The first-order valence-electron chi connectivity index (χ1n) is 9.78. The number of rotatable bonds is 8. The zero-order valence-corrected chi connectivity index (χ0v) is 17.9. The zero-order chi connectivity index (χ0) is 21.2. The van der Waals surface area contributed by atoms with E-state index in [1.165, 1.54) is 11.9 Å². The Hall–Kier alpha value is -2.63. The standard InChI is InChI=1S/C22H27N5.CH3Cl/c1-2-3-8-21-26-14-18(13-23)27(21)15-16-9-11-17(12-10-16)19-6-4-5-7-20(19)22(24)25;1-2/h4-7,9-12,14H,2-3,8,13,15,23H2,1H3,(H3,24,25);1H3. The van der Waals surface area contributed by atoms with Gasteiger partial charge in [0.25, 0.3) is 0 Å². The Bertz CT molecular complexity index is 915. The summed E-state index contributed by atoms with van der Waals surface area (Å²) in [6, 6.07) is 16.2. The van der Waals surface area contributed by atoms with Gasteiger partial charge < -0.3 is 16.0 Å². The number of hydrogen-bond acceptors (Lipinski definition) is 3. The minimum absolute atomic E-state index is 0.0845. The van der Waals surface area contributed by atoms with Gasteiger partial charge in [0.05, 0.1) is 5.69 Å². The highest BCUT2D eigenvalue weighted by Crippen LogP contribution is 2.24. The van der Waals surface area contributed by atoms with Crippen molar-refractivity contribution < 1.29 is 0 Å². The van der Waals surface area contributed by atoms with Gasteiger partial charge in [-0.1, -0.05) is 61.9 Å². The highest BCUT2D eigenvalue weighted by molar-refractivity contribution is 6.15. The van der Waals surface area contributed by atoms with E-state index < -0.39 is 0 Å². The van der Waals surface area contributed by atoms with Gasteiger partial charge in [-0.3, -0.25) is 5.41 Å². The van der Waals surface area contributed by atoms with Crippen molar-refractivity contribution in [1.29, 1.82) is 5.41 Å². The van der Waals surface area contributed by atoms with E-state index in [2.05, 4.69) is 52.3 Å². The van der Waals surface area contributed by atoms with Gasteiger partial charge in [0, 0.05) is 37.7 Å². The van der Waals surface area contributed by atoms with Crippen molar-refractivity contribution in [1.82, 2.24) is 9.55 Å². The van der Waals surface area contributed by atoms with Gasteiger partial charge >= 0.3 is 0 Å². The number of aryl methyl sites for hydroxylation is 1. The van der Waals surface area contributed by atoms with Gasteiger partial charge in [-0.05, 0) is 23.1 Å². The molecule has 29 heavy (non-hydrogen) atoms. The molecule has 154 valence electrons. The van der Waals surface area contributed by atoms with Crippen LogP contribution in [0.1, 0.15) is 42.4 Å². The largest absolute Gasteiger partial charge is 0.384 e. The first-order valence-corrected chi connectivity index (χ1v) is 10.5. The van der Waals surface area contributed by atoms with E-state index >= 15 is 0 Å². The number of halogens is 1. The van der Waals surface area contributed by atoms with E-state index in [4.69, 9.17) is 16.9 Å². The van der Waals surface area contributed by atoms with E-state index in [0.717, 1.165) is 54.0 Å². The lowest BCUT2D eigenvalue weighted by Gasteiger charge is -2.13. The molecule has 1 aromatic heterocycles. The number of benzene rings is 2. The van der Waals surface area contributed by atoms with Gasteiger partial charge in [0.1, 0.15) is 11.7 Å². The monoisotopic (exact) mass is 411 g/mol. The molecule has 0 saturated carbocycles. The third kappa shape index (κ3) is 5.68. The lowest BCUT2D eigenvalue weighted by molar-refractivity contribution is 0.655. The summed E-state index contributed by atoms with van der Waals surface area (Å²) in [6.07, 6.45) is 6.61. The maximum absolute atomic E-state index is 7.78. The summed E-state index contributed by atoms with van der Waals surface area (Å²) in [6.45, 7) is 3.44. The van der Waals surface area contributed by atoms with Crippen LogP contribution in [0.4, 0.5) is 0 Å². The Kier molecular flexibility index (Phi) is 8.90. The summed E-state index contributed by atoms with van der Waals surface area (Å²) in [7, 11) is 0. The van der Waals surface area contributed by atoms with Crippen molar-refractivity contribution >= 4 is 17.4 Å². The molecule has 5 N–H and O–H groups in total. The fourth-order valence-corrected chi connectivity index (χ4v) is 3.29. The van der Waals surface area contributed by atoms with Crippen molar-refractivity contribution in [2.24, 2.45) is 11.5 Å². The SMILES string of the molecule is CCCCc1ncc(CN)n1Cc1ccc(-c2ccccc2C(=N)N)cc1.CCl. The summed E-state index contributed by atoms with van der Waals surface area (Å²) < 4.78 is 2.23. The fraction of sp³-hybridized carbons (Fsp3) is 0.304. The Labute approximate surface area is 178 Å². The summed E-state index contributed by atoms with van der Waals surface area (Å²) in [5, 5.41) is 7.78. The molecule has 0 atom stereocenters. The topological polar surface area (TPSA) is 93.7 Å². The number of unbranched alkanes of at least 4 members (excludes halogenated alkanes) is 1. The number of aromatic nitrogens is 2. The second kappa shape index (κ2) is 11.4. The van der Waals surface area contributed by atoms with Crippen molar-refractivity contribution in [2.45, 2.75) is 39.3 Å². The summed E-state index contributed by atoms with van der Waals surface area (Å²) in [5.74, 6) is 1.18. The number of alkyl halides is 1. The van der Waals surface area contributed by atoms with Crippen molar-refractivity contribution in [3.05, 3.63) is 77.4 Å². The second-order valence-corrected chi connectivity index (χ2v) is 6.72. The van der Waals surface area contributed by atoms with Crippen LogP contribution in [0, 0.1) is 5.41 Å². The predicted molar refractivity (Wildman–Crippen MR) is 123 cm³/mol. The number of nitrogens with one attached hydrogen (secondary N) is 1. The van der Waals surface area contributed by atoms with Gasteiger partial charge in [0.2, 0.25) is 0 Å². The van der Waals surface area contributed by atoms with Crippen molar-refractivity contribution in [3.63, 3.8) is 0 Å². The fourth-order valence-electron chi connectivity index (χ4n) is 3.29.